The number of sulfonamides is 1. The van der Waals surface area contributed by atoms with Gasteiger partial charge in [-0.1, -0.05) is 11.6 Å². The number of hydrogen-bond acceptors (Lipinski definition) is 4. The largest absolute Gasteiger partial charge is 0.284 e. The Morgan fingerprint density at radius 2 is 2.05 bits per heavy atom. The van der Waals surface area contributed by atoms with E-state index < -0.39 is 22.0 Å². The van der Waals surface area contributed by atoms with Gasteiger partial charge < -0.3 is 0 Å². The van der Waals surface area contributed by atoms with Crippen LogP contribution < -0.4 is 4.72 Å². The molecule has 1 aromatic rings. The summed E-state index contributed by atoms with van der Waals surface area (Å²) in [5.41, 5.74) is 0. The smallest absolute Gasteiger partial charge is 0.247 e. The summed E-state index contributed by atoms with van der Waals surface area (Å²) < 4.78 is 27.3. The van der Waals surface area contributed by atoms with E-state index in [1.807, 2.05) is 0 Å². The van der Waals surface area contributed by atoms with Crippen molar-refractivity contribution >= 4 is 49.4 Å². The number of nitrogens with one attached hydrogen (secondary N) is 1. The summed E-state index contributed by atoms with van der Waals surface area (Å²) in [6.45, 7) is 0. The van der Waals surface area contributed by atoms with E-state index in [0.29, 0.717) is 9.50 Å². The normalized spacial score (nSPS) is 20.0. The third kappa shape index (κ3) is 3.45. The zero-order valence-corrected chi connectivity index (χ0v) is 14.1. The molecule has 0 bridgehead atoms. The molecule has 1 unspecified atom stereocenters. The molecule has 0 saturated carbocycles. The lowest BCUT2D eigenvalue weighted by Crippen LogP contribution is -2.52. The van der Waals surface area contributed by atoms with Gasteiger partial charge in [0.2, 0.25) is 21.8 Å². The number of likely N-dealkylation sites (N-methyl/N-ethyl adjacent to an activating group) is 1. The molecule has 2 amide bonds. The number of carbonyl (C=O) groups is 2. The number of carbonyl (C=O) groups excluding carboxylic acids is 2. The minimum Gasteiger partial charge on any atom is -0.284 e. The van der Waals surface area contributed by atoms with Crippen molar-refractivity contribution < 1.29 is 18.0 Å². The molecule has 0 radical (unpaired) electrons. The summed E-state index contributed by atoms with van der Waals surface area (Å²) in [5, 5.41) is 0.382. The number of piperidine rings is 1. The standard InChI is InChI=1S/C12H12BrClN2O4S/c1-16-11(17)5-4-10(12(16)18)15-21(19,20)7-2-3-9(14)8(13)6-7/h2-3,6,10,15H,4-5H2,1H3. The van der Waals surface area contributed by atoms with Crippen LogP contribution in [0.15, 0.2) is 27.6 Å². The lowest BCUT2D eigenvalue weighted by molar-refractivity contribution is -0.147. The molecular formula is C12H12BrClN2O4S. The molecule has 0 spiro atoms. The van der Waals surface area contributed by atoms with Gasteiger partial charge in [0.15, 0.2) is 0 Å². The van der Waals surface area contributed by atoms with Gasteiger partial charge in [0, 0.05) is 17.9 Å². The number of amides is 2. The minimum atomic E-state index is -3.87. The number of benzene rings is 1. The fraction of sp³-hybridized carbons (Fsp3) is 0.333. The molecule has 1 N–H and O–H groups in total. The third-order valence-corrected chi connectivity index (χ3v) is 5.83. The molecule has 1 aliphatic rings. The summed E-state index contributed by atoms with van der Waals surface area (Å²) in [6.07, 6.45) is 0.274. The highest BCUT2D eigenvalue weighted by atomic mass is 79.9. The van der Waals surface area contributed by atoms with E-state index >= 15 is 0 Å². The highest BCUT2D eigenvalue weighted by Crippen LogP contribution is 2.25. The van der Waals surface area contributed by atoms with Gasteiger partial charge in [0.05, 0.1) is 9.92 Å². The second-order valence-electron chi connectivity index (χ2n) is 4.58. The molecule has 1 fully saturated rings. The Morgan fingerprint density at radius 3 is 2.67 bits per heavy atom. The maximum absolute atomic E-state index is 12.3. The molecule has 6 nitrogen and oxygen atoms in total. The van der Waals surface area contributed by atoms with Gasteiger partial charge in [0.25, 0.3) is 0 Å². The van der Waals surface area contributed by atoms with Crippen LogP contribution in [-0.2, 0) is 19.6 Å². The molecule has 9 heteroatoms. The van der Waals surface area contributed by atoms with Crippen LogP contribution in [0.2, 0.25) is 5.02 Å². The van der Waals surface area contributed by atoms with Crippen molar-refractivity contribution in [1.82, 2.24) is 9.62 Å². The van der Waals surface area contributed by atoms with E-state index in [2.05, 4.69) is 20.7 Å². The lowest BCUT2D eigenvalue weighted by Gasteiger charge is -2.28. The number of imide groups is 1. The molecule has 1 atom stereocenters. The first-order chi connectivity index (χ1) is 9.72. The van der Waals surface area contributed by atoms with Crippen molar-refractivity contribution in [2.24, 2.45) is 0 Å². The van der Waals surface area contributed by atoms with Gasteiger partial charge in [-0.15, -0.1) is 0 Å². The van der Waals surface area contributed by atoms with Crippen molar-refractivity contribution in [2.75, 3.05) is 7.05 Å². The Balaban J connectivity index is 2.23. The van der Waals surface area contributed by atoms with Crippen molar-refractivity contribution in [3.05, 3.63) is 27.7 Å². The Hall–Kier alpha value is -0.960. The van der Waals surface area contributed by atoms with Crippen molar-refractivity contribution in [3.63, 3.8) is 0 Å². The first-order valence-corrected chi connectivity index (χ1v) is 8.65. The predicted molar refractivity (Wildman–Crippen MR) is 80.3 cm³/mol. The summed E-state index contributed by atoms with van der Waals surface area (Å²) in [5.74, 6) is -0.868. The molecule has 2 rings (SSSR count). The first-order valence-electron chi connectivity index (χ1n) is 6.00. The van der Waals surface area contributed by atoms with Crippen molar-refractivity contribution in [3.8, 4) is 0 Å². The van der Waals surface area contributed by atoms with Gasteiger partial charge >= 0.3 is 0 Å². The van der Waals surface area contributed by atoms with Crippen LogP contribution in [0.1, 0.15) is 12.8 Å². The molecule has 1 saturated heterocycles. The summed E-state index contributed by atoms with van der Waals surface area (Å²) in [6, 6.07) is 3.20. The summed E-state index contributed by atoms with van der Waals surface area (Å²) in [7, 11) is -2.53. The average Bonchev–Trinajstić information content (AvgIpc) is 2.42. The fourth-order valence-corrected chi connectivity index (χ4v) is 3.82. The van der Waals surface area contributed by atoms with Crippen LogP contribution in [0.5, 0.6) is 0 Å². The highest BCUT2D eigenvalue weighted by Gasteiger charge is 2.34. The molecule has 1 aliphatic heterocycles. The van der Waals surface area contributed by atoms with Gasteiger partial charge in [-0.05, 0) is 40.5 Å². The van der Waals surface area contributed by atoms with Gasteiger partial charge in [0.1, 0.15) is 6.04 Å². The van der Waals surface area contributed by atoms with E-state index in [-0.39, 0.29) is 23.6 Å². The zero-order valence-electron chi connectivity index (χ0n) is 11.0. The lowest BCUT2D eigenvalue weighted by atomic mass is 10.1. The minimum absolute atomic E-state index is 0.00821. The topological polar surface area (TPSA) is 83.6 Å². The van der Waals surface area contributed by atoms with Crippen LogP contribution >= 0.6 is 27.5 Å². The first kappa shape index (κ1) is 16.4. The molecule has 1 heterocycles. The van der Waals surface area contributed by atoms with Gasteiger partial charge in [-0.25, -0.2) is 8.42 Å². The zero-order chi connectivity index (χ0) is 15.8. The maximum Gasteiger partial charge on any atom is 0.247 e. The number of rotatable bonds is 3. The molecule has 114 valence electrons. The fourth-order valence-electron chi connectivity index (χ4n) is 1.92. The second kappa shape index (κ2) is 6.04. The highest BCUT2D eigenvalue weighted by molar-refractivity contribution is 9.10. The number of halogens is 2. The van der Waals surface area contributed by atoms with Crippen molar-refractivity contribution in [2.45, 2.75) is 23.8 Å². The Morgan fingerprint density at radius 1 is 1.38 bits per heavy atom. The maximum atomic E-state index is 12.3. The average molecular weight is 396 g/mol. The van der Waals surface area contributed by atoms with Crippen molar-refractivity contribution in [1.29, 1.82) is 0 Å². The van der Waals surface area contributed by atoms with E-state index in [1.165, 1.54) is 25.2 Å². The summed E-state index contributed by atoms with van der Waals surface area (Å²) in [4.78, 5) is 24.2. The van der Waals surface area contributed by atoms with Crippen LogP contribution in [0.3, 0.4) is 0 Å². The van der Waals surface area contributed by atoms with Gasteiger partial charge in [-0.3, -0.25) is 14.5 Å². The monoisotopic (exact) mass is 394 g/mol. The van der Waals surface area contributed by atoms with E-state index in [4.69, 9.17) is 11.6 Å². The Bertz CT molecular complexity index is 707. The quantitative estimate of drug-likeness (QED) is 0.787. The Labute approximate surface area is 135 Å². The Kier molecular flexibility index (Phi) is 4.72. The van der Waals surface area contributed by atoms with E-state index in [1.54, 1.807) is 0 Å². The van der Waals surface area contributed by atoms with Crippen LogP contribution in [0.4, 0.5) is 0 Å². The van der Waals surface area contributed by atoms with Gasteiger partial charge in [-0.2, -0.15) is 4.72 Å². The molecule has 0 aliphatic carbocycles. The number of hydrogen-bond donors (Lipinski definition) is 1. The van der Waals surface area contributed by atoms with Crippen LogP contribution in [0.25, 0.3) is 0 Å². The number of nitrogens with zero attached hydrogens (tertiary/aromatic N) is 1. The second-order valence-corrected chi connectivity index (χ2v) is 7.55. The SMILES string of the molecule is CN1C(=O)CCC(NS(=O)(=O)c2ccc(Cl)c(Br)c2)C1=O. The third-order valence-electron chi connectivity index (χ3n) is 3.15. The van der Waals surface area contributed by atoms with Crippen LogP contribution in [0, 0.1) is 0 Å². The van der Waals surface area contributed by atoms with E-state index in [9.17, 15) is 18.0 Å². The molecule has 21 heavy (non-hydrogen) atoms. The summed E-state index contributed by atoms with van der Waals surface area (Å²) >= 11 is 8.97. The van der Waals surface area contributed by atoms with E-state index in [0.717, 1.165) is 4.90 Å². The molecular weight excluding hydrogens is 384 g/mol. The predicted octanol–water partition coefficient (Wildman–Crippen LogP) is 1.53. The van der Waals surface area contributed by atoms with Crippen LogP contribution in [-0.4, -0.2) is 38.2 Å². The number of likely N-dealkylation sites (tertiary alicyclic amines) is 1. The molecule has 1 aromatic carbocycles. The molecule has 0 aromatic heterocycles.